The van der Waals surface area contributed by atoms with Crippen molar-refractivity contribution < 1.29 is 4.39 Å². The molecule has 0 bridgehead atoms. The number of rotatable bonds is 0. The minimum absolute atomic E-state index is 0.159. The molecule has 0 aliphatic heterocycles. The summed E-state index contributed by atoms with van der Waals surface area (Å²) in [4.78, 5) is 0. The molecule has 0 saturated carbocycles. The molecule has 0 spiro atoms. The van der Waals surface area contributed by atoms with Crippen LogP contribution in [0.4, 0.5) is 10.1 Å². The lowest BCUT2D eigenvalue weighted by Gasteiger charge is -1.96. The molecule has 1 aromatic heterocycles. The van der Waals surface area contributed by atoms with Crippen molar-refractivity contribution in [2.75, 3.05) is 5.73 Å². The van der Waals surface area contributed by atoms with Crippen LogP contribution in [0.5, 0.6) is 0 Å². The van der Waals surface area contributed by atoms with E-state index in [0.29, 0.717) is 16.6 Å². The predicted molar refractivity (Wildman–Crippen MR) is 45.2 cm³/mol. The van der Waals surface area contributed by atoms with Gasteiger partial charge in [0, 0.05) is 5.69 Å². The predicted octanol–water partition coefficient (Wildman–Crippen LogP) is 1.59. The molecular weight excluding hydrogens is 157 g/mol. The summed E-state index contributed by atoms with van der Waals surface area (Å²) in [6.07, 6.45) is 0. The van der Waals surface area contributed by atoms with Crippen LogP contribution in [-0.2, 0) is 0 Å². The Morgan fingerprint density at radius 2 is 2.25 bits per heavy atom. The van der Waals surface area contributed by atoms with E-state index in [-0.39, 0.29) is 5.69 Å². The van der Waals surface area contributed by atoms with Crippen LogP contribution >= 0.6 is 0 Å². The molecule has 0 fully saturated rings. The lowest BCUT2D eigenvalue weighted by Crippen LogP contribution is -1.90. The number of aromatic amines is 1. The average molecular weight is 165 g/mol. The highest BCUT2D eigenvalue weighted by molar-refractivity contribution is 5.85. The standard InChI is InChI=1S/C8H8FN3/c1-4-7-6(12-11-4)3-2-5(10)8(7)9/h2-3H,10H2,1H3,(H,11,12). The third-order valence-electron chi connectivity index (χ3n) is 1.87. The number of hydrogen-bond donors (Lipinski definition) is 2. The van der Waals surface area contributed by atoms with Crippen molar-refractivity contribution in [2.24, 2.45) is 0 Å². The summed E-state index contributed by atoms with van der Waals surface area (Å²) >= 11 is 0. The van der Waals surface area contributed by atoms with Crippen LogP contribution in [0.15, 0.2) is 12.1 Å². The van der Waals surface area contributed by atoms with Crippen molar-refractivity contribution in [1.29, 1.82) is 0 Å². The van der Waals surface area contributed by atoms with Crippen LogP contribution in [0, 0.1) is 12.7 Å². The number of nitrogens with zero attached hydrogens (tertiary/aromatic N) is 1. The third kappa shape index (κ3) is 0.777. The van der Waals surface area contributed by atoms with E-state index in [9.17, 15) is 4.39 Å². The van der Waals surface area contributed by atoms with Gasteiger partial charge in [0.15, 0.2) is 5.82 Å². The van der Waals surface area contributed by atoms with Gasteiger partial charge in [-0.1, -0.05) is 0 Å². The zero-order valence-corrected chi connectivity index (χ0v) is 6.56. The number of benzene rings is 1. The van der Waals surface area contributed by atoms with Crippen molar-refractivity contribution in [1.82, 2.24) is 10.2 Å². The maximum Gasteiger partial charge on any atom is 0.157 e. The first-order valence-electron chi connectivity index (χ1n) is 3.59. The summed E-state index contributed by atoms with van der Waals surface area (Å²) in [5.41, 5.74) is 6.87. The minimum atomic E-state index is -0.390. The molecule has 0 saturated heterocycles. The van der Waals surface area contributed by atoms with E-state index in [1.165, 1.54) is 6.07 Å². The molecule has 4 heteroatoms. The van der Waals surface area contributed by atoms with Gasteiger partial charge in [0.05, 0.1) is 16.6 Å². The molecule has 0 amide bonds. The van der Waals surface area contributed by atoms with Gasteiger partial charge in [-0.2, -0.15) is 5.10 Å². The SMILES string of the molecule is Cc1[nH]nc2ccc(N)c(F)c12. The van der Waals surface area contributed by atoms with Crippen molar-refractivity contribution in [3.8, 4) is 0 Å². The van der Waals surface area contributed by atoms with E-state index < -0.39 is 5.82 Å². The molecule has 0 aliphatic rings. The maximum atomic E-state index is 13.3. The Labute approximate surface area is 68.4 Å². The number of nitrogens with one attached hydrogen (secondary N) is 1. The number of anilines is 1. The topological polar surface area (TPSA) is 54.7 Å². The van der Waals surface area contributed by atoms with Gasteiger partial charge in [0.1, 0.15) is 0 Å². The quantitative estimate of drug-likeness (QED) is 0.582. The van der Waals surface area contributed by atoms with Crippen LogP contribution in [0.2, 0.25) is 0 Å². The van der Waals surface area contributed by atoms with E-state index in [2.05, 4.69) is 10.2 Å². The lowest BCUT2D eigenvalue weighted by atomic mass is 10.2. The van der Waals surface area contributed by atoms with Gasteiger partial charge in [-0.25, -0.2) is 4.39 Å². The van der Waals surface area contributed by atoms with E-state index in [4.69, 9.17) is 5.73 Å². The van der Waals surface area contributed by atoms with E-state index >= 15 is 0 Å². The molecule has 3 nitrogen and oxygen atoms in total. The first-order valence-corrected chi connectivity index (χ1v) is 3.59. The first-order chi connectivity index (χ1) is 5.70. The Kier molecular flexibility index (Phi) is 1.30. The summed E-state index contributed by atoms with van der Waals surface area (Å²) in [5.74, 6) is -0.390. The highest BCUT2D eigenvalue weighted by Gasteiger charge is 2.09. The van der Waals surface area contributed by atoms with Gasteiger partial charge in [0.2, 0.25) is 0 Å². The first kappa shape index (κ1) is 7.09. The zero-order chi connectivity index (χ0) is 8.72. The smallest absolute Gasteiger partial charge is 0.157 e. The van der Waals surface area contributed by atoms with E-state index in [0.717, 1.165) is 0 Å². The average Bonchev–Trinajstić information content (AvgIpc) is 2.41. The fourth-order valence-electron chi connectivity index (χ4n) is 1.23. The Bertz CT molecular complexity index is 433. The number of aryl methyl sites for hydroxylation is 1. The summed E-state index contributed by atoms with van der Waals surface area (Å²) < 4.78 is 13.3. The fraction of sp³-hybridized carbons (Fsp3) is 0.125. The molecule has 3 N–H and O–H groups in total. The third-order valence-corrected chi connectivity index (χ3v) is 1.87. The Balaban J connectivity index is 2.96. The maximum absolute atomic E-state index is 13.3. The van der Waals surface area contributed by atoms with Crippen molar-refractivity contribution >= 4 is 16.6 Å². The summed E-state index contributed by atoms with van der Waals surface area (Å²) in [6, 6.07) is 3.20. The van der Waals surface area contributed by atoms with Crippen LogP contribution in [0.25, 0.3) is 10.9 Å². The summed E-state index contributed by atoms with van der Waals surface area (Å²) in [7, 11) is 0. The Morgan fingerprint density at radius 1 is 1.50 bits per heavy atom. The highest BCUT2D eigenvalue weighted by atomic mass is 19.1. The van der Waals surface area contributed by atoms with Gasteiger partial charge < -0.3 is 5.73 Å². The molecule has 0 unspecified atom stereocenters. The highest BCUT2D eigenvalue weighted by Crippen LogP contribution is 2.23. The second-order valence-corrected chi connectivity index (χ2v) is 2.71. The molecule has 2 rings (SSSR count). The number of nitrogen functional groups attached to an aromatic ring is 1. The molecule has 0 aliphatic carbocycles. The normalized spacial score (nSPS) is 10.8. The van der Waals surface area contributed by atoms with E-state index in [1.807, 2.05) is 0 Å². The van der Waals surface area contributed by atoms with Gasteiger partial charge in [0.25, 0.3) is 0 Å². The molecule has 0 atom stereocenters. The molecule has 12 heavy (non-hydrogen) atoms. The van der Waals surface area contributed by atoms with Crippen molar-refractivity contribution in [3.63, 3.8) is 0 Å². The van der Waals surface area contributed by atoms with E-state index in [1.54, 1.807) is 13.0 Å². The van der Waals surface area contributed by atoms with Gasteiger partial charge in [-0.05, 0) is 19.1 Å². The van der Waals surface area contributed by atoms with Crippen LogP contribution in [-0.4, -0.2) is 10.2 Å². The second-order valence-electron chi connectivity index (χ2n) is 2.71. The van der Waals surface area contributed by atoms with Gasteiger partial charge in [-0.15, -0.1) is 0 Å². The number of H-pyrrole nitrogens is 1. The minimum Gasteiger partial charge on any atom is -0.396 e. The summed E-state index contributed by atoms with van der Waals surface area (Å²) in [5, 5.41) is 7.08. The Hall–Kier alpha value is -1.58. The fourth-order valence-corrected chi connectivity index (χ4v) is 1.23. The van der Waals surface area contributed by atoms with Crippen molar-refractivity contribution in [2.45, 2.75) is 6.92 Å². The molecule has 2 aromatic rings. The largest absolute Gasteiger partial charge is 0.396 e. The summed E-state index contributed by atoms with van der Waals surface area (Å²) in [6.45, 7) is 1.76. The van der Waals surface area contributed by atoms with Gasteiger partial charge >= 0.3 is 0 Å². The lowest BCUT2D eigenvalue weighted by molar-refractivity contribution is 0.644. The number of aromatic nitrogens is 2. The number of nitrogens with two attached hydrogens (primary N) is 1. The molecule has 1 heterocycles. The molecule has 62 valence electrons. The number of halogens is 1. The van der Waals surface area contributed by atoms with Gasteiger partial charge in [-0.3, -0.25) is 5.10 Å². The molecule has 1 aromatic carbocycles. The zero-order valence-electron chi connectivity index (χ0n) is 6.56. The van der Waals surface area contributed by atoms with Crippen molar-refractivity contribution in [3.05, 3.63) is 23.6 Å². The van der Waals surface area contributed by atoms with Crippen LogP contribution in [0.1, 0.15) is 5.69 Å². The molecule has 0 radical (unpaired) electrons. The molecular formula is C8H8FN3. The second kappa shape index (κ2) is 2.20. The van der Waals surface area contributed by atoms with Crippen LogP contribution < -0.4 is 5.73 Å². The van der Waals surface area contributed by atoms with Crippen LogP contribution in [0.3, 0.4) is 0 Å². The number of hydrogen-bond acceptors (Lipinski definition) is 2. The number of fused-ring (bicyclic) bond motifs is 1. The monoisotopic (exact) mass is 165 g/mol. The Morgan fingerprint density at radius 3 is 3.00 bits per heavy atom.